The Morgan fingerprint density at radius 3 is 2.58 bits per heavy atom. The summed E-state index contributed by atoms with van der Waals surface area (Å²) < 4.78 is 38.3. The summed E-state index contributed by atoms with van der Waals surface area (Å²) >= 11 is 6.13. The highest BCUT2D eigenvalue weighted by Gasteiger charge is 2.42. The zero-order chi connectivity index (χ0) is 23.8. The van der Waals surface area contributed by atoms with Gasteiger partial charge in [-0.2, -0.15) is 0 Å². The van der Waals surface area contributed by atoms with Gasteiger partial charge in [-0.1, -0.05) is 24.6 Å². The van der Waals surface area contributed by atoms with Crippen LogP contribution in [-0.2, 0) is 21.9 Å². The van der Waals surface area contributed by atoms with Crippen molar-refractivity contribution in [2.24, 2.45) is 5.41 Å². The molecule has 2 aromatic rings. The van der Waals surface area contributed by atoms with Crippen molar-refractivity contribution >= 4 is 23.0 Å². The van der Waals surface area contributed by atoms with Crippen LogP contribution in [0.4, 0.5) is 8.78 Å². The highest BCUT2D eigenvalue weighted by Crippen LogP contribution is 2.47. The van der Waals surface area contributed by atoms with Gasteiger partial charge >= 0.3 is 0 Å². The normalized spacial score (nSPS) is 18.6. The fraction of sp³-hybridized carbons (Fsp3) is 0.440. The number of hydrogen-bond donors (Lipinski definition) is 1. The minimum absolute atomic E-state index is 0.0193. The number of aryl methyl sites for hydroxylation is 1. The third-order valence-corrected chi connectivity index (χ3v) is 6.73. The SMILES string of the molecule is CCc1ccc(Oc2ncc(C(C)(F)F)cc2Cl)cc1C1=C(O)CC2(CCOCC2)CC1=O. The zero-order valence-electron chi connectivity index (χ0n) is 18.6. The van der Waals surface area contributed by atoms with Crippen LogP contribution in [0.2, 0.25) is 5.02 Å². The lowest BCUT2D eigenvalue weighted by Crippen LogP contribution is -2.36. The molecule has 1 saturated heterocycles. The highest BCUT2D eigenvalue weighted by atomic mass is 35.5. The number of benzene rings is 1. The van der Waals surface area contributed by atoms with E-state index in [9.17, 15) is 18.7 Å². The van der Waals surface area contributed by atoms with E-state index in [0.717, 1.165) is 37.6 Å². The first-order chi connectivity index (χ1) is 15.6. The third-order valence-electron chi connectivity index (χ3n) is 6.46. The highest BCUT2D eigenvalue weighted by molar-refractivity contribution is 6.31. The molecule has 0 bridgehead atoms. The van der Waals surface area contributed by atoms with Gasteiger partial charge in [-0.3, -0.25) is 4.79 Å². The summed E-state index contributed by atoms with van der Waals surface area (Å²) in [7, 11) is 0. The van der Waals surface area contributed by atoms with Crippen LogP contribution < -0.4 is 4.74 Å². The quantitative estimate of drug-likeness (QED) is 0.523. The molecule has 5 nitrogen and oxygen atoms in total. The van der Waals surface area contributed by atoms with Gasteiger partial charge < -0.3 is 14.6 Å². The maximum Gasteiger partial charge on any atom is 0.272 e. The Kier molecular flexibility index (Phi) is 6.47. The number of alkyl halides is 2. The zero-order valence-corrected chi connectivity index (χ0v) is 19.3. The van der Waals surface area contributed by atoms with Crippen LogP contribution in [0.15, 0.2) is 36.2 Å². The number of hydrogen-bond acceptors (Lipinski definition) is 5. The number of carbonyl (C=O) groups excluding carboxylic acids is 1. The van der Waals surface area contributed by atoms with Gasteiger partial charge in [0.1, 0.15) is 16.5 Å². The van der Waals surface area contributed by atoms with Gasteiger partial charge in [0, 0.05) is 44.7 Å². The van der Waals surface area contributed by atoms with Crippen molar-refractivity contribution in [3.63, 3.8) is 0 Å². The maximum atomic E-state index is 13.5. The first-order valence-corrected chi connectivity index (χ1v) is 11.4. The number of aliphatic hydroxyl groups is 1. The molecule has 4 rings (SSSR count). The molecule has 2 aliphatic rings. The topological polar surface area (TPSA) is 68.7 Å². The van der Waals surface area contributed by atoms with Crippen molar-refractivity contribution in [1.29, 1.82) is 0 Å². The molecule has 8 heteroatoms. The monoisotopic (exact) mass is 477 g/mol. The fourth-order valence-electron chi connectivity index (χ4n) is 4.57. The third kappa shape index (κ3) is 4.89. The molecule has 0 radical (unpaired) electrons. The smallest absolute Gasteiger partial charge is 0.272 e. The molecule has 0 saturated carbocycles. The number of carbonyl (C=O) groups is 1. The summed E-state index contributed by atoms with van der Waals surface area (Å²) in [4.78, 5) is 17.1. The van der Waals surface area contributed by atoms with Crippen molar-refractivity contribution in [2.75, 3.05) is 13.2 Å². The second kappa shape index (κ2) is 9.03. The number of Topliss-reactive ketones (excluding diaryl/α,β-unsaturated/α-hetero) is 1. The number of pyridine rings is 1. The van der Waals surface area contributed by atoms with Crippen molar-refractivity contribution < 1.29 is 28.2 Å². The number of halogens is 3. The molecule has 176 valence electrons. The minimum Gasteiger partial charge on any atom is -0.512 e. The van der Waals surface area contributed by atoms with E-state index in [1.165, 1.54) is 0 Å². The molecule has 0 amide bonds. The predicted molar refractivity (Wildman–Crippen MR) is 121 cm³/mol. The second-order valence-corrected chi connectivity index (χ2v) is 9.29. The van der Waals surface area contributed by atoms with Crippen molar-refractivity contribution in [1.82, 2.24) is 4.98 Å². The number of aliphatic hydroxyl groups excluding tert-OH is 1. The standard InChI is InChI=1S/C25H26ClF2NO4/c1-3-15-4-5-17(33-23-19(26)10-16(14-29-23)24(2,27)28)11-18(15)22-20(30)12-25(13-21(22)31)6-8-32-9-7-25/h4-5,10-11,14,30H,3,6-9,12-13H2,1-2H3. The van der Waals surface area contributed by atoms with Crippen LogP contribution in [0.25, 0.3) is 5.57 Å². The Bertz CT molecular complexity index is 1100. The van der Waals surface area contributed by atoms with Crippen LogP contribution in [0, 0.1) is 5.41 Å². The van der Waals surface area contributed by atoms with E-state index in [1.54, 1.807) is 12.1 Å². The van der Waals surface area contributed by atoms with Crippen molar-refractivity contribution in [3.8, 4) is 11.6 Å². The van der Waals surface area contributed by atoms with E-state index in [1.807, 2.05) is 13.0 Å². The average molecular weight is 478 g/mol. The van der Waals surface area contributed by atoms with Gasteiger partial charge in [-0.15, -0.1) is 0 Å². The summed E-state index contributed by atoms with van der Waals surface area (Å²) in [6, 6.07) is 6.31. The molecule has 0 unspecified atom stereocenters. The largest absolute Gasteiger partial charge is 0.512 e. The Labute approximate surface area is 196 Å². The first kappa shape index (κ1) is 23.6. The van der Waals surface area contributed by atoms with Crippen LogP contribution in [-0.4, -0.2) is 29.1 Å². The number of ketones is 1. The van der Waals surface area contributed by atoms with Crippen LogP contribution in [0.1, 0.15) is 56.2 Å². The summed E-state index contributed by atoms with van der Waals surface area (Å²) in [5.41, 5.74) is 1.25. The molecular weight excluding hydrogens is 452 g/mol. The number of allylic oxidation sites excluding steroid dienone is 2. The molecule has 2 heterocycles. The van der Waals surface area contributed by atoms with Gasteiger partial charge in [0.05, 0.1) is 5.57 Å². The minimum atomic E-state index is -3.07. The van der Waals surface area contributed by atoms with Crippen LogP contribution >= 0.6 is 11.6 Å². The van der Waals surface area contributed by atoms with Gasteiger partial charge in [0.15, 0.2) is 5.78 Å². The van der Waals surface area contributed by atoms with E-state index < -0.39 is 5.92 Å². The maximum absolute atomic E-state index is 13.5. The molecule has 1 spiro atoms. The van der Waals surface area contributed by atoms with Gasteiger partial charge in [-0.25, -0.2) is 13.8 Å². The predicted octanol–water partition coefficient (Wildman–Crippen LogP) is 6.63. The van der Waals surface area contributed by atoms with Gasteiger partial charge in [0.25, 0.3) is 5.92 Å². The number of ether oxygens (including phenoxy) is 2. The number of rotatable bonds is 5. The van der Waals surface area contributed by atoms with Crippen LogP contribution in [0.3, 0.4) is 0 Å². The summed E-state index contributed by atoms with van der Waals surface area (Å²) in [5.74, 6) is -2.76. The van der Waals surface area contributed by atoms with E-state index in [2.05, 4.69) is 4.98 Å². The summed E-state index contributed by atoms with van der Waals surface area (Å²) in [6.07, 6.45) is 3.97. The van der Waals surface area contributed by atoms with Gasteiger partial charge in [-0.05, 0) is 54.0 Å². The summed E-state index contributed by atoms with van der Waals surface area (Å²) in [5, 5.41) is 10.9. The Morgan fingerprint density at radius 2 is 1.97 bits per heavy atom. The molecule has 1 aromatic carbocycles. The molecule has 1 aromatic heterocycles. The molecular formula is C25H26ClF2NO4. The molecule has 1 N–H and O–H groups in total. The molecule has 1 fully saturated rings. The lowest BCUT2D eigenvalue weighted by molar-refractivity contribution is -0.118. The molecule has 1 aliphatic heterocycles. The molecule has 33 heavy (non-hydrogen) atoms. The average Bonchev–Trinajstić information content (AvgIpc) is 2.74. The Morgan fingerprint density at radius 1 is 1.24 bits per heavy atom. The van der Waals surface area contributed by atoms with Crippen LogP contribution in [0.5, 0.6) is 11.6 Å². The molecule has 1 aliphatic carbocycles. The van der Waals surface area contributed by atoms with E-state index in [0.29, 0.717) is 49.4 Å². The second-order valence-electron chi connectivity index (χ2n) is 8.88. The number of nitrogens with zero attached hydrogens (tertiary/aromatic N) is 1. The van der Waals surface area contributed by atoms with Crippen molar-refractivity contribution in [3.05, 3.63) is 57.9 Å². The van der Waals surface area contributed by atoms with Gasteiger partial charge in [0.2, 0.25) is 5.88 Å². The number of aromatic nitrogens is 1. The lowest BCUT2D eigenvalue weighted by atomic mass is 9.67. The molecule has 0 atom stereocenters. The summed E-state index contributed by atoms with van der Waals surface area (Å²) in [6.45, 7) is 3.92. The Hall–Kier alpha value is -2.51. The first-order valence-electron chi connectivity index (χ1n) is 11.0. The fourth-order valence-corrected chi connectivity index (χ4v) is 4.78. The lowest BCUT2D eigenvalue weighted by Gasteiger charge is -2.39. The van der Waals surface area contributed by atoms with E-state index in [4.69, 9.17) is 21.1 Å². The van der Waals surface area contributed by atoms with Crippen molar-refractivity contribution in [2.45, 2.75) is 51.9 Å². The Balaban J connectivity index is 1.67. The van der Waals surface area contributed by atoms with E-state index >= 15 is 0 Å². The van der Waals surface area contributed by atoms with E-state index in [-0.39, 0.29) is 33.4 Å².